The molecule has 1 aromatic rings. The molecule has 16 heavy (non-hydrogen) atoms. The number of amides is 1. The maximum absolute atomic E-state index is 12.0. The Hall–Kier alpha value is -1.07. The van der Waals surface area contributed by atoms with Gasteiger partial charge in [0, 0.05) is 32.9 Å². The lowest BCUT2D eigenvalue weighted by Gasteiger charge is -2.22. The van der Waals surface area contributed by atoms with E-state index < -0.39 is 0 Å². The van der Waals surface area contributed by atoms with Crippen LogP contribution in [0.2, 0.25) is 0 Å². The van der Waals surface area contributed by atoms with Crippen LogP contribution >= 0.6 is 12.4 Å². The van der Waals surface area contributed by atoms with Gasteiger partial charge in [0.05, 0.1) is 11.8 Å². The van der Waals surface area contributed by atoms with Crippen molar-refractivity contribution in [1.29, 1.82) is 0 Å². The summed E-state index contributed by atoms with van der Waals surface area (Å²) in [5, 5.41) is 7.25. The van der Waals surface area contributed by atoms with Crippen LogP contribution in [0.15, 0.2) is 12.4 Å². The zero-order chi connectivity index (χ0) is 10.8. The highest BCUT2D eigenvalue weighted by Gasteiger charge is 2.24. The maximum Gasteiger partial charge on any atom is 0.257 e. The first kappa shape index (κ1) is 13.0. The standard InChI is InChI=1S/C10H16N4O.ClH/c1-13-7-8(5-12-13)10(15)14(2)9-3-4-11-6-9;/h5,7,9,11H,3-4,6H2,1-2H3;1H. The van der Waals surface area contributed by atoms with E-state index in [2.05, 4.69) is 10.4 Å². The number of hydrogen-bond acceptors (Lipinski definition) is 3. The predicted molar refractivity (Wildman–Crippen MR) is 63.8 cm³/mol. The molecule has 2 heterocycles. The number of aromatic nitrogens is 2. The molecule has 90 valence electrons. The van der Waals surface area contributed by atoms with Crippen LogP contribution in [0.5, 0.6) is 0 Å². The van der Waals surface area contributed by atoms with Crippen molar-refractivity contribution >= 4 is 18.3 Å². The van der Waals surface area contributed by atoms with E-state index in [0.717, 1.165) is 19.5 Å². The minimum absolute atomic E-state index is 0. The SMILES string of the molecule is CN(C(=O)c1cnn(C)c1)C1CCNC1.Cl. The van der Waals surface area contributed by atoms with Crippen LogP contribution in [0.25, 0.3) is 0 Å². The van der Waals surface area contributed by atoms with Gasteiger partial charge in [-0.05, 0) is 13.0 Å². The molecule has 5 nitrogen and oxygen atoms in total. The van der Waals surface area contributed by atoms with Gasteiger partial charge in [-0.3, -0.25) is 9.48 Å². The number of rotatable bonds is 2. The van der Waals surface area contributed by atoms with Crippen LogP contribution in [0.1, 0.15) is 16.8 Å². The second-order valence-corrected chi connectivity index (χ2v) is 3.97. The second kappa shape index (κ2) is 5.32. The van der Waals surface area contributed by atoms with Crippen molar-refractivity contribution in [2.75, 3.05) is 20.1 Å². The van der Waals surface area contributed by atoms with Crippen molar-refractivity contribution in [3.05, 3.63) is 18.0 Å². The summed E-state index contributed by atoms with van der Waals surface area (Å²) in [4.78, 5) is 13.8. The smallest absolute Gasteiger partial charge is 0.257 e. The van der Waals surface area contributed by atoms with Crippen molar-refractivity contribution in [2.45, 2.75) is 12.5 Å². The summed E-state index contributed by atoms with van der Waals surface area (Å²) in [6.07, 6.45) is 4.39. The zero-order valence-corrected chi connectivity index (χ0v) is 10.3. The molecule has 0 saturated carbocycles. The van der Waals surface area contributed by atoms with Crippen LogP contribution in [0.3, 0.4) is 0 Å². The third kappa shape index (κ3) is 2.54. The molecule has 1 atom stereocenters. The monoisotopic (exact) mass is 244 g/mol. The van der Waals surface area contributed by atoms with Gasteiger partial charge in [-0.15, -0.1) is 12.4 Å². The molecule has 0 aromatic carbocycles. The van der Waals surface area contributed by atoms with Crippen molar-refractivity contribution in [3.8, 4) is 0 Å². The summed E-state index contributed by atoms with van der Waals surface area (Å²) in [7, 11) is 3.67. The number of halogens is 1. The fourth-order valence-electron chi connectivity index (χ4n) is 1.87. The number of aryl methyl sites for hydroxylation is 1. The number of nitrogens with zero attached hydrogens (tertiary/aromatic N) is 3. The fourth-order valence-corrected chi connectivity index (χ4v) is 1.87. The lowest BCUT2D eigenvalue weighted by molar-refractivity contribution is 0.0743. The van der Waals surface area contributed by atoms with Gasteiger partial charge in [-0.1, -0.05) is 0 Å². The van der Waals surface area contributed by atoms with Crippen molar-refractivity contribution < 1.29 is 4.79 Å². The Morgan fingerprint density at radius 3 is 2.94 bits per heavy atom. The minimum atomic E-state index is 0. The first-order valence-electron chi connectivity index (χ1n) is 5.15. The predicted octanol–water partition coefficient (Wildman–Crippen LogP) is 0.276. The van der Waals surface area contributed by atoms with Crippen molar-refractivity contribution in [1.82, 2.24) is 20.0 Å². The van der Waals surface area contributed by atoms with Crippen LogP contribution in [0, 0.1) is 0 Å². The molecule has 1 aliphatic heterocycles. The van der Waals surface area contributed by atoms with E-state index >= 15 is 0 Å². The minimum Gasteiger partial charge on any atom is -0.337 e. The molecular weight excluding hydrogens is 228 g/mol. The van der Waals surface area contributed by atoms with Crippen molar-refractivity contribution in [3.63, 3.8) is 0 Å². The Labute approximate surface area is 101 Å². The highest BCUT2D eigenvalue weighted by Crippen LogP contribution is 2.10. The summed E-state index contributed by atoms with van der Waals surface area (Å²) >= 11 is 0. The van der Waals surface area contributed by atoms with Crippen LogP contribution in [-0.2, 0) is 7.05 Å². The number of likely N-dealkylation sites (N-methyl/N-ethyl adjacent to an activating group) is 1. The molecule has 0 aliphatic carbocycles. The highest BCUT2D eigenvalue weighted by molar-refractivity contribution is 5.93. The molecule has 1 fully saturated rings. The number of nitrogens with one attached hydrogen (secondary N) is 1. The summed E-state index contributed by atoms with van der Waals surface area (Å²) in [5.41, 5.74) is 0.659. The Morgan fingerprint density at radius 2 is 2.44 bits per heavy atom. The van der Waals surface area contributed by atoms with E-state index in [9.17, 15) is 4.79 Å². The van der Waals surface area contributed by atoms with Gasteiger partial charge in [0.1, 0.15) is 0 Å². The molecule has 0 spiro atoms. The summed E-state index contributed by atoms with van der Waals surface area (Å²) < 4.78 is 1.65. The summed E-state index contributed by atoms with van der Waals surface area (Å²) in [6, 6.07) is 0.317. The van der Waals surface area contributed by atoms with Gasteiger partial charge >= 0.3 is 0 Å². The van der Waals surface area contributed by atoms with Crippen molar-refractivity contribution in [2.24, 2.45) is 7.05 Å². The zero-order valence-electron chi connectivity index (χ0n) is 9.51. The summed E-state index contributed by atoms with van der Waals surface area (Å²) in [5.74, 6) is 0.0526. The molecule has 0 bridgehead atoms. The molecule has 1 unspecified atom stereocenters. The number of hydrogen-bond donors (Lipinski definition) is 1. The van der Waals surface area contributed by atoms with Gasteiger partial charge in [0.15, 0.2) is 0 Å². The van der Waals surface area contributed by atoms with Gasteiger partial charge in [-0.2, -0.15) is 5.10 Å². The highest BCUT2D eigenvalue weighted by atomic mass is 35.5. The van der Waals surface area contributed by atoms with E-state index in [1.807, 2.05) is 14.1 Å². The van der Waals surface area contributed by atoms with E-state index in [4.69, 9.17) is 0 Å². The Bertz CT molecular complexity index is 359. The first-order valence-corrected chi connectivity index (χ1v) is 5.15. The normalized spacial score (nSPS) is 19.2. The van der Waals surface area contributed by atoms with E-state index in [-0.39, 0.29) is 18.3 Å². The van der Waals surface area contributed by atoms with E-state index in [1.54, 1.807) is 22.0 Å². The average Bonchev–Trinajstić information content (AvgIpc) is 2.85. The third-order valence-electron chi connectivity index (χ3n) is 2.85. The van der Waals surface area contributed by atoms with Crippen LogP contribution < -0.4 is 5.32 Å². The lowest BCUT2D eigenvalue weighted by atomic mass is 10.2. The molecule has 0 radical (unpaired) electrons. The molecule has 1 saturated heterocycles. The maximum atomic E-state index is 12.0. The topological polar surface area (TPSA) is 50.2 Å². The molecule has 6 heteroatoms. The first-order chi connectivity index (χ1) is 7.18. The Kier molecular flexibility index (Phi) is 4.32. The van der Waals surface area contributed by atoms with Crippen LogP contribution in [-0.4, -0.2) is 46.8 Å². The van der Waals surface area contributed by atoms with E-state index in [1.165, 1.54) is 0 Å². The van der Waals surface area contributed by atoms with E-state index in [0.29, 0.717) is 11.6 Å². The molecule has 1 N–H and O–H groups in total. The Morgan fingerprint density at radius 1 is 1.69 bits per heavy atom. The average molecular weight is 245 g/mol. The third-order valence-corrected chi connectivity index (χ3v) is 2.85. The quantitative estimate of drug-likeness (QED) is 0.813. The largest absolute Gasteiger partial charge is 0.337 e. The molecule has 2 rings (SSSR count). The van der Waals surface area contributed by atoms with Gasteiger partial charge < -0.3 is 10.2 Å². The Balaban J connectivity index is 0.00000128. The lowest BCUT2D eigenvalue weighted by Crippen LogP contribution is -2.38. The van der Waals surface area contributed by atoms with Gasteiger partial charge in [0.25, 0.3) is 5.91 Å². The fraction of sp³-hybridized carbons (Fsp3) is 0.600. The number of carbonyl (C=O) groups is 1. The summed E-state index contributed by atoms with van der Waals surface area (Å²) in [6.45, 7) is 1.89. The second-order valence-electron chi connectivity index (χ2n) is 3.97. The van der Waals surface area contributed by atoms with Gasteiger partial charge in [0.2, 0.25) is 0 Å². The molecule has 1 amide bonds. The molecule has 1 aliphatic rings. The number of carbonyl (C=O) groups excluding carboxylic acids is 1. The van der Waals surface area contributed by atoms with Crippen LogP contribution in [0.4, 0.5) is 0 Å². The van der Waals surface area contributed by atoms with Gasteiger partial charge in [-0.25, -0.2) is 0 Å². The molecular formula is C10H17ClN4O. The molecule has 1 aromatic heterocycles.